The van der Waals surface area contributed by atoms with Gasteiger partial charge in [0.05, 0.1) is 0 Å². The summed E-state index contributed by atoms with van der Waals surface area (Å²) in [7, 11) is 1.44. The first-order valence-electron chi connectivity index (χ1n) is 3.03. The first-order chi connectivity index (χ1) is 4.83. The maximum atomic E-state index is 8.26. The molecule has 3 heteroatoms. The second-order valence-electron chi connectivity index (χ2n) is 2.08. The van der Waals surface area contributed by atoms with Gasteiger partial charge in [-0.2, -0.15) is 0 Å². The Morgan fingerprint density at radius 1 is 1.50 bits per heavy atom. The van der Waals surface area contributed by atoms with Crippen molar-refractivity contribution in [2.45, 2.75) is 6.92 Å². The van der Waals surface area contributed by atoms with Crippen LogP contribution in [0.5, 0.6) is 0 Å². The van der Waals surface area contributed by atoms with Crippen LogP contribution in [-0.4, -0.2) is 7.41 Å². The Bertz CT molecular complexity index is 247. The Morgan fingerprint density at radius 3 is 2.60 bits per heavy atom. The van der Waals surface area contributed by atoms with Crippen LogP contribution in [0.1, 0.15) is 5.56 Å². The van der Waals surface area contributed by atoms with Gasteiger partial charge < -0.3 is 4.48 Å². The largest absolute Gasteiger partial charge is 0.461 e. The zero-order valence-corrected chi connectivity index (χ0v) is 5.78. The van der Waals surface area contributed by atoms with Crippen LogP contribution in [0.15, 0.2) is 24.5 Å². The molecule has 0 aliphatic rings. The lowest BCUT2D eigenvalue weighted by atomic mass is 9.98. The molecule has 1 rings (SSSR count). The molecule has 0 unspecified atom stereocenters. The van der Waals surface area contributed by atoms with Crippen molar-refractivity contribution in [1.29, 1.82) is 5.26 Å². The Balaban J connectivity index is 2.81. The zero-order valence-electron chi connectivity index (χ0n) is 5.78. The molecule has 48 valence electrons. The molecule has 0 fully saturated rings. The summed E-state index contributed by atoms with van der Waals surface area (Å²) in [5.41, 5.74) is 1.20. The van der Waals surface area contributed by atoms with E-state index in [0.29, 0.717) is 0 Å². The number of nitriles is 1. The molecular formula is C7H7BN2. The van der Waals surface area contributed by atoms with Crippen molar-refractivity contribution in [3.63, 3.8) is 0 Å². The van der Waals surface area contributed by atoms with E-state index in [1.807, 2.05) is 37.4 Å². The van der Waals surface area contributed by atoms with Gasteiger partial charge in [0.1, 0.15) is 12.4 Å². The zero-order chi connectivity index (χ0) is 7.40. The molecular weight excluding hydrogens is 123 g/mol. The molecule has 0 saturated carbocycles. The summed E-state index contributed by atoms with van der Waals surface area (Å²) in [6.45, 7) is 2.01. The lowest BCUT2D eigenvalue weighted by molar-refractivity contribution is -0.527. The molecule has 0 spiro atoms. The topological polar surface area (TPSA) is 27.7 Å². The molecule has 1 heterocycles. The van der Waals surface area contributed by atoms with E-state index >= 15 is 0 Å². The summed E-state index contributed by atoms with van der Waals surface area (Å²) in [5, 5.41) is 8.26. The summed E-state index contributed by atoms with van der Waals surface area (Å²) in [4.78, 5) is 0. The van der Waals surface area contributed by atoms with Crippen LogP contribution in [0.4, 0.5) is 0 Å². The van der Waals surface area contributed by atoms with Gasteiger partial charge in [-0.25, -0.2) is 5.26 Å². The fourth-order valence-corrected chi connectivity index (χ4v) is 0.665. The molecule has 0 bridgehead atoms. The van der Waals surface area contributed by atoms with Crippen molar-refractivity contribution in [3.8, 4) is 5.97 Å². The minimum atomic E-state index is 1.20. The first kappa shape index (κ1) is 6.82. The van der Waals surface area contributed by atoms with Gasteiger partial charge >= 0.3 is 0 Å². The van der Waals surface area contributed by atoms with E-state index in [9.17, 15) is 0 Å². The quantitative estimate of drug-likeness (QED) is 0.500. The molecule has 10 heavy (non-hydrogen) atoms. The van der Waals surface area contributed by atoms with Gasteiger partial charge in [-0.3, -0.25) is 0 Å². The molecule has 0 aliphatic carbocycles. The lowest BCUT2D eigenvalue weighted by Gasteiger charge is -1.99. The van der Waals surface area contributed by atoms with Gasteiger partial charge in [0, 0.05) is 0 Å². The van der Waals surface area contributed by atoms with Crippen LogP contribution in [-0.2, 0) is 0 Å². The fraction of sp³-hybridized carbons (Fsp3) is 0.143. The molecule has 2 nitrogen and oxygen atoms in total. The normalized spacial score (nSPS) is 8.80. The molecule has 1 aromatic heterocycles. The van der Waals surface area contributed by atoms with Crippen molar-refractivity contribution in [3.05, 3.63) is 30.1 Å². The number of aromatic nitrogens is 1. The second-order valence-corrected chi connectivity index (χ2v) is 2.08. The summed E-state index contributed by atoms with van der Waals surface area (Å²) >= 11 is 0. The van der Waals surface area contributed by atoms with E-state index in [0.717, 1.165) is 0 Å². The van der Waals surface area contributed by atoms with E-state index in [1.54, 1.807) is 4.48 Å². The van der Waals surface area contributed by atoms with Gasteiger partial charge in [-0.15, -0.1) is 5.97 Å². The highest BCUT2D eigenvalue weighted by Crippen LogP contribution is 1.87. The fourth-order valence-electron chi connectivity index (χ4n) is 0.665. The molecule has 0 atom stereocenters. The molecule has 0 aromatic carbocycles. The number of hydrogen-bond acceptors (Lipinski definition) is 1. The van der Waals surface area contributed by atoms with Crippen LogP contribution >= 0.6 is 0 Å². The van der Waals surface area contributed by atoms with Crippen molar-refractivity contribution < 1.29 is 4.48 Å². The number of hydrogen-bond donors (Lipinski definition) is 0. The Morgan fingerprint density at radius 2 is 2.10 bits per heavy atom. The summed E-state index contributed by atoms with van der Waals surface area (Å²) in [6.07, 6.45) is 3.69. The van der Waals surface area contributed by atoms with Crippen LogP contribution in [0.2, 0.25) is 0 Å². The number of pyridine rings is 1. The minimum absolute atomic E-state index is 1.20. The van der Waals surface area contributed by atoms with Crippen LogP contribution in [0.3, 0.4) is 0 Å². The van der Waals surface area contributed by atoms with Crippen molar-refractivity contribution in [1.82, 2.24) is 0 Å². The van der Waals surface area contributed by atoms with Crippen molar-refractivity contribution >= 4 is 7.41 Å². The van der Waals surface area contributed by atoms with E-state index in [2.05, 4.69) is 0 Å². The molecule has 0 saturated heterocycles. The number of aryl methyl sites for hydroxylation is 1. The van der Waals surface area contributed by atoms with E-state index in [4.69, 9.17) is 5.26 Å². The molecule has 2 radical (unpaired) electrons. The third-order valence-corrected chi connectivity index (χ3v) is 1.23. The SMILES string of the molecule is Cc1cc[n+]([B-]C#N)cc1. The maximum Gasteiger partial charge on any atom is 0.213 e. The van der Waals surface area contributed by atoms with E-state index in [1.165, 1.54) is 13.0 Å². The predicted molar refractivity (Wildman–Crippen MR) is 38.1 cm³/mol. The predicted octanol–water partition coefficient (Wildman–Crippen LogP) is 0.231. The summed E-state index contributed by atoms with van der Waals surface area (Å²) in [5.74, 6) is 1.94. The van der Waals surface area contributed by atoms with E-state index in [-0.39, 0.29) is 0 Å². The third kappa shape index (κ3) is 1.59. The maximum absolute atomic E-state index is 8.26. The van der Waals surface area contributed by atoms with Crippen molar-refractivity contribution in [2.75, 3.05) is 0 Å². The highest BCUT2D eigenvalue weighted by Gasteiger charge is 1.85. The van der Waals surface area contributed by atoms with Crippen LogP contribution in [0.25, 0.3) is 0 Å². The molecule has 1 aromatic rings. The van der Waals surface area contributed by atoms with Gasteiger partial charge in [0.2, 0.25) is 7.41 Å². The Labute approximate surface area is 61.0 Å². The van der Waals surface area contributed by atoms with Crippen LogP contribution < -0.4 is 4.48 Å². The van der Waals surface area contributed by atoms with Gasteiger partial charge in [-0.05, 0) is 24.6 Å². The highest BCUT2D eigenvalue weighted by atomic mass is 14.8. The standard InChI is InChI=1S/C7H7BN2/c1-7-2-4-10(5-3-7)8-6-9/h2-5H,1H3. The lowest BCUT2D eigenvalue weighted by Crippen LogP contribution is -2.37. The van der Waals surface area contributed by atoms with Gasteiger partial charge in [0.15, 0.2) is 0 Å². The summed E-state index contributed by atoms with van der Waals surface area (Å²) in [6, 6.07) is 3.90. The monoisotopic (exact) mass is 130 g/mol. The smallest absolute Gasteiger partial charge is 0.213 e. The number of nitrogens with zero attached hydrogens (tertiary/aromatic N) is 2. The first-order valence-corrected chi connectivity index (χ1v) is 3.03. The Hall–Kier alpha value is -1.30. The Kier molecular flexibility index (Phi) is 2.06. The minimum Gasteiger partial charge on any atom is -0.461 e. The average molecular weight is 130 g/mol. The van der Waals surface area contributed by atoms with Crippen molar-refractivity contribution in [2.24, 2.45) is 0 Å². The van der Waals surface area contributed by atoms with Gasteiger partial charge in [0.25, 0.3) is 0 Å². The average Bonchev–Trinajstić information content (AvgIpc) is 1.95. The number of rotatable bonds is 1. The second kappa shape index (κ2) is 3.02. The van der Waals surface area contributed by atoms with E-state index < -0.39 is 0 Å². The summed E-state index contributed by atoms with van der Waals surface area (Å²) < 4.78 is 1.72. The van der Waals surface area contributed by atoms with Gasteiger partial charge in [-0.1, -0.05) is 0 Å². The van der Waals surface area contributed by atoms with Crippen LogP contribution in [0, 0.1) is 18.2 Å². The molecule has 0 aliphatic heterocycles. The molecule has 0 amide bonds. The highest BCUT2D eigenvalue weighted by molar-refractivity contribution is 6.34. The molecule has 0 N–H and O–H groups in total. The third-order valence-electron chi connectivity index (χ3n) is 1.23.